The van der Waals surface area contributed by atoms with E-state index in [2.05, 4.69) is 17.0 Å². The topological polar surface area (TPSA) is 44.5 Å². The van der Waals surface area contributed by atoms with Crippen LogP contribution in [0.5, 0.6) is 0 Å². The second-order valence-corrected chi connectivity index (χ2v) is 3.17. The van der Waals surface area contributed by atoms with Gasteiger partial charge in [-0.15, -0.1) is 0 Å². The van der Waals surface area contributed by atoms with Crippen LogP contribution in [0.2, 0.25) is 0 Å². The largest absolute Gasteiger partial charge is 0.376 e. The lowest BCUT2D eigenvalue weighted by Gasteiger charge is -2.19. The van der Waals surface area contributed by atoms with E-state index in [1.807, 2.05) is 6.07 Å². The van der Waals surface area contributed by atoms with Crippen LogP contribution in [-0.4, -0.2) is 6.61 Å². The molecule has 0 atom stereocenters. The predicted molar refractivity (Wildman–Crippen MR) is 48.8 cm³/mol. The molecule has 70 valence electrons. The molecule has 1 aromatic carbocycles. The van der Waals surface area contributed by atoms with Gasteiger partial charge in [0.1, 0.15) is 0 Å². The van der Waals surface area contributed by atoms with E-state index < -0.39 is 0 Å². The Kier molecular flexibility index (Phi) is 2.59. The van der Waals surface area contributed by atoms with E-state index in [1.165, 1.54) is 16.7 Å². The molecular formula is C10H13NO2. The number of rotatable bonds is 2. The van der Waals surface area contributed by atoms with Gasteiger partial charge in [0.15, 0.2) is 0 Å². The van der Waals surface area contributed by atoms with Crippen molar-refractivity contribution in [2.24, 2.45) is 5.90 Å². The summed E-state index contributed by atoms with van der Waals surface area (Å²) in [5, 5.41) is 0. The first-order valence-electron chi connectivity index (χ1n) is 4.41. The van der Waals surface area contributed by atoms with Gasteiger partial charge in [0.05, 0.1) is 19.8 Å². The zero-order valence-corrected chi connectivity index (χ0v) is 7.45. The van der Waals surface area contributed by atoms with Crippen molar-refractivity contribution in [2.75, 3.05) is 6.61 Å². The zero-order chi connectivity index (χ0) is 9.10. The normalized spacial score (nSPS) is 15.5. The van der Waals surface area contributed by atoms with E-state index in [0.29, 0.717) is 13.2 Å². The van der Waals surface area contributed by atoms with Crippen molar-refractivity contribution in [3.05, 3.63) is 34.9 Å². The Hall–Kier alpha value is -0.900. The van der Waals surface area contributed by atoms with Crippen molar-refractivity contribution in [3.8, 4) is 0 Å². The third kappa shape index (κ3) is 1.72. The Morgan fingerprint density at radius 3 is 3.23 bits per heavy atom. The van der Waals surface area contributed by atoms with E-state index in [9.17, 15) is 0 Å². The molecule has 2 N–H and O–H groups in total. The highest BCUT2D eigenvalue weighted by Crippen LogP contribution is 2.20. The number of benzene rings is 1. The Bertz CT molecular complexity index is 299. The number of nitrogens with two attached hydrogens (primary N) is 1. The van der Waals surface area contributed by atoms with Gasteiger partial charge in [-0.3, -0.25) is 4.84 Å². The van der Waals surface area contributed by atoms with E-state index in [4.69, 9.17) is 10.6 Å². The maximum Gasteiger partial charge on any atom is 0.0932 e. The lowest BCUT2D eigenvalue weighted by atomic mass is 9.98. The van der Waals surface area contributed by atoms with Gasteiger partial charge in [0.25, 0.3) is 0 Å². The van der Waals surface area contributed by atoms with Crippen LogP contribution >= 0.6 is 0 Å². The SMILES string of the molecule is NOCc1cccc2c1CCOC2. The Morgan fingerprint density at radius 2 is 2.38 bits per heavy atom. The molecule has 13 heavy (non-hydrogen) atoms. The number of hydrogen-bond donors (Lipinski definition) is 1. The van der Waals surface area contributed by atoms with Crippen LogP contribution in [-0.2, 0) is 29.2 Å². The van der Waals surface area contributed by atoms with Crippen molar-refractivity contribution in [3.63, 3.8) is 0 Å². The molecule has 1 aliphatic rings. The molecule has 0 saturated carbocycles. The summed E-state index contributed by atoms with van der Waals surface area (Å²) in [6.07, 6.45) is 0.967. The third-order valence-electron chi connectivity index (χ3n) is 2.36. The molecule has 0 bridgehead atoms. The lowest BCUT2D eigenvalue weighted by molar-refractivity contribution is 0.104. The fourth-order valence-electron chi connectivity index (χ4n) is 1.73. The van der Waals surface area contributed by atoms with E-state index in [0.717, 1.165) is 13.0 Å². The maximum atomic E-state index is 5.36. The summed E-state index contributed by atoms with van der Waals surface area (Å²) < 4.78 is 5.36. The first-order valence-corrected chi connectivity index (χ1v) is 4.41. The van der Waals surface area contributed by atoms with Gasteiger partial charge in [0, 0.05) is 0 Å². The molecule has 0 fully saturated rings. The smallest absolute Gasteiger partial charge is 0.0932 e. The van der Waals surface area contributed by atoms with Gasteiger partial charge < -0.3 is 4.74 Å². The van der Waals surface area contributed by atoms with Crippen LogP contribution in [0, 0.1) is 0 Å². The highest BCUT2D eigenvalue weighted by atomic mass is 16.6. The molecule has 2 rings (SSSR count). The lowest BCUT2D eigenvalue weighted by Crippen LogP contribution is -2.13. The average molecular weight is 179 g/mol. The van der Waals surface area contributed by atoms with Crippen LogP contribution in [0.1, 0.15) is 16.7 Å². The fourth-order valence-corrected chi connectivity index (χ4v) is 1.73. The van der Waals surface area contributed by atoms with Crippen LogP contribution < -0.4 is 5.90 Å². The third-order valence-corrected chi connectivity index (χ3v) is 2.36. The minimum atomic E-state index is 0.489. The van der Waals surface area contributed by atoms with E-state index >= 15 is 0 Å². The summed E-state index contributed by atoms with van der Waals surface area (Å²) in [5.74, 6) is 5.06. The van der Waals surface area contributed by atoms with Crippen molar-refractivity contribution in [1.82, 2.24) is 0 Å². The van der Waals surface area contributed by atoms with Gasteiger partial charge in [-0.2, -0.15) is 0 Å². The Balaban J connectivity index is 2.34. The summed E-state index contributed by atoms with van der Waals surface area (Å²) in [5.41, 5.74) is 3.79. The van der Waals surface area contributed by atoms with Crippen molar-refractivity contribution in [1.29, 1.82) is 0 Å². The molecule has 0 amide bonds. The first-order chi connectivity index (χ1) is 6.42. The van der Waals surface area contributed by atoms with Crippen molar-refractivity contribution in [2.45, 2.75) is 19.6 Å². The zero-order valence-electron chi connectivity index (χ0n) is 7.45. The number of hydrogen-bond acceptors (Lipinski definition) is 3. The van der Waals surface area contributed by atoms with Crippen LogP contribution in [0.25, 0.3) is 0 Å². The summed E-state index contributed by atoms with van der Waals surface area (Å²) >= 11 is 0. The molecule has 1 aliphatic heterocycles. The van der Waals surface area contributed by atoms with Gasteiger partial charge in [-0.05, 0) is 23.1 Å². The standard InChI is InChI=1S/C10H13NO2/c11-13-7-9-3-1-2-8-6-12-5-4-10(8)9/h1-3H,4-7,11H2. The first kappa shape index (κ1) is 8.69. The molecule has 0 aliphatic carbocycles. The molecule has 0 saturated heterocycles. The van der Waals surface area contributed by atoms with Crippen molar-refractivity contribution < 1.29 is 9.57 Å². The molecule has 1 heterocycles. The van der Waals surface area contributed by atoms with E-state index in [-0.39, 0.29) is 0 Å². The summed E-state index contributed by atoms with van der Waals surface area (Å²) in [6.45, 7) is 2.01. The van der Waals surface area contributed by atoms with Gasteiger partial charge in [-0.25, -0.2) is 5.90 Å². The molecule has 0 unspecified atom stereocenters. The molecule has 0 spiro atoms. The minimum Gasteiger partial charge on any atom is -0.376 e. The molecular weight excluding hydrogens is 166 g/mol. The highest BCUT2D eigenvalue weighted by Gasteiger charge is 2.12. The Labute approximate surface area is 77.4 Å². The minimum absolute atomic E-state index is 0.489. The average Bonchev–Trinajstić information content (AvgIpc) is 2.19. The summed E-state index contributed by atoms with van der Waals surface area (Å²) in [4.78, 5) is 4.65. The van der Waals surface area contributed by atoms with Gasteiger partial charge in [0.2, 0.25) is 0 Å². The fraction of sp³-hybridized carbons (Fsp3) is 0.400. The molecule has 3 heteroatoms. The van der Waals surface area contributed by atoms with Gasteiger partial charge >= 0.3 is 0 Å². The van der Waals surface area contributed by atoms with Crippen LogP contribution in [0.3, 0.4) is 0 Å². The Morgan fingerprint density at radius 1 is 1.46 bits per heavy atom. The van der Waals surface area contributed by atoms with Crippen molar-refractivity contribution >= 4 is 0 Å². The quantitative estimate of drug-likeness (QED) is 0.692. The van der Waals surface area contributed by atoms with Crippen LogP contribution in [0.4, 0.5) is 0 Å². The summed E-state index contributed by atoms with van der Waals surface area (Å²) in [6, 6.07) is 6.16. The molecule has 0 aromatic heterocycles. The highest BCUT2D eigenvalue weighted by molar-refractivity contribution is 5.35. The maximum absolute atomic E-state index is 5.36. The second kappa shape index (κ2) is 3.87. The molecule has 3 nitrogen and oxygen atoms in total. The number of fused-ring (bicyclic) bond motifs is 1. The molecule has 0 radical (unpaired) electrons. The van der Waals surface area contributed by atoms with Crippen LogP contribution in [0.15, 0.2) is 18.2 Å². The van der Waals surface area contributed by atoms with E-state index in [1.54, 1.807) is 0 Å². The monoisotopic (exact) mass is 179 g/mol. The predicted octanol–water partition coefficient (Wildman–Crippen LogP) is 1.15. The van der Waals surface area contributed by atoms with Gasteiger partial charge in [-0.1, -0.05) is 18.2 Å². The second-order valence-electron chi connectivity index (χ2n) is 3.17. The summed E-state index contributed by atoms with van der Waals surface area (Å²) in [7, 11) is 0. The number of ether oxygens (including phenoxy) is 1. The molecule has 1 aromatic rings.